The molecule has 1 N–H and O–H groups in total. The average Bonchev–Trinajstić information content (AvgIpc) is 2.41. The summed E-state index contributed by atoms with van der Waals surface area (Å²) in [5.74, 6) is -0.145. The van der Waals surface area contributed by atoms with Crippen LogP contribution in [0.1, 0.15) is 51.0 Å². The molecule has 0 bridgehead atoms. The number of hydrogen-bond acceptors (Lipinski definition) is 2. The van der Waals surface area contributed by atoms with Crippen LogP contribution in [-0.4, -0.2) is 11.7 Å². The Bertz CT molecular complexity index is 512. The van der Waals surface area contributed by atoms with Crippen molar-refractivity contribution in [3.05, 3.63) is 29.8 Å². The van der Waals surface area contributed by atoms with Gasteiger partial charge in [-0.15, -0.1) is 0 Å². The van der Waals surface area contributed by atoms with Gasteiger partial charge in [0.2, 0.25) is 5.91 Å². The topological polar surface area (TPSA) is 46.2 Å². The van der Waals surface area contributed by atoms with Crippen molar-refractivity contribution in [3.63, 3.8) is 0 Å². The Hall–Kier alpha value is -1.85. The van der Waals surface area contributed by atoms with Crippen LogP contribution in [0.25, 0.3) is 0 Å². The number of nitrogens with one attached hydrogen (secondary N) is 1. The Morgan fingerprint density at radius 1 is 1.05 bits per heavy atom. The highest BCUT2D eigenvalue weighted by Crippen LogP contribution is 2.30. The van der Waals surface area contributed by atoms with Crippen LogP contribution in [0, 0.1) is 0 Å². The van der Waals surface area contributed by atoms with E-state index in [4.69, 9.17) is 0 Å². The van der Waals surface area contributed by atoms with Gasteiger partial charge in [0.25, 0.3) is 0 Å². The lowest BCUT2D eigenvalue weighted by atomic mass is 10.1. The van der Waals surface area contributed by atoms with Crippen molar-refractivity contribution in [2.75, 3.05) is 5.32 Å². The van der Waals surface area contributed by atoms with Gasteiger partial charge in [0.05, 0.1) is 5.56 Å². The minimum Gasteiger partial charge on any atom is -0.326 e. The average molecular weight is 315 g/mol. The number of unbranched alkanes of at least 4 members (excludes halogenated alkanes) is 3. The van der Waals surface area contributed by atoms with Gasteiger partial charge in [-0.25, -0.2) is 0 Å². The van der Waals surface area contributed by atoms with E-state index >= 15 is 0 Å². The van der Waals surface area contributed by atoms with E-state index in [1.54, 1.807) is 6.92 Å². The number of rotatable bonds is 8. The minimum atomic E-state index is -4.42. The Labute approximate surface area is 127 Å². The first-order valence-electron chi connectivity index (χ1n) is 7.25. The highest BCUT2D eigenvalue weighted by Gasteiger charge is 2.30. The van der Waals surface area contributed by atoms with E-state index in [0.29, 0.717) is 12.8 Å². The van der Waals surface area contributed by atoms with Crippen molar-refractivity contribution in [3.8, 4) is 0 Å². The lowest BCUT2D eigenvalue weighted by Crippen LogP contribution is -2.12. The van der Waals surface area contributed by atoms with Crippen molar-refractivity contribution >= 4 is 17.4 Å². The van der Waals surface area contributed by atoms with Crippen LogP contribution in [0.15, 0.2) is 24.3 Å². The molecule has 0 fully saturated rings. The summed E-state index contributed by atoms with van der Waals surface area (Å²) in [6.45, 7) is 1.54. The second-order valence-corrected chi connectivity index (χ2v) is 5.24. The van der Waals surface area contributed by atoms with Crippen molar-refractivity contribution in [1.82, 2.24) is 0 Å². The standard InChI is InChI=1S/C16H20F3NO2/c1-12(21)7-4-2-3-5-10-15(22)20-14-9-6-8-13(11-14)16(17,18)19/h6,8-9,11H,2-5,7,10H2,1H3,(H,20,22). The molecule has 3 nitrogen and oxygen atoms in total. The number of benzene rings is 1. The number of carbonyl (C=O) groups is 2. The smallest absolute Gasteiger partial charge is 0.326 e. The number of Topliss-reactive ketones (excluding diaryl/α,β-unsaturated/α-hetero) is 1. The molecule has 0 aliphatic rings. The summed E-state index contributed by atoms with van der Waals surface area (Å²) in [5, 5.41) is 2.47. The Kier molecular flexibility index (Phi) is 7.08. The van der Waals surface area contributed by atoms with Crippen LogP contribution in [0.2, 0.25) is 0 Å². The Balaban J connectivity index is 2.32. The van der Waals surface area contributed by atoms with E-state index in [2.05, 4.69) is 5.32 Å². The summed E-state index contributed by atoms with van der Waals surface area (Å²) in [7, 11) is 0. The maximum absolute atomic E-state index is 12.5. The molecule has 1 aromatic rings. The number of carbonyl (C=O) groups excluding carboxylic acids is 2. The fourth-order valence-corrected chi connectivity index (χ4v) is 2.01. The maximum Gasteiger partial charge on any atom is 0.416 e. The van der Waals surface area contributed by atoms with Crippen molar-refractivity contribution in [2.24, 2.45) is 0 Å². The number of hydrogen-bond donors (Lipinski definition) is 1. The third kappa shape index (κ3) is 7.24. The zero-order chi connectivity index (χ0) is 16.6. The van der Waals surface area contributed by atoms with Gasteiger partial charge in [0.15, 0.2) is 0 Å². The number of halogens is 3. The summed E-state index contributed by atoms with van der Waals surface area (Å²) in [4.78, 5) is 22.4. The molecule has 0 heterocycles. The predicted octanol–water partition coefficient (Wildman–Crippen LogP) is 4.57. The molecule has 0 aliphatic carbocycles. The van der Waals surface area contributed by atoms with Gasteiger partial charge in [-0.2, -0.15) is 13.2 Å². The van der Waals surface area contributed by atoms with E-state index < -0.39 is 11.7 Å². The summed E-state index contributed by atoms with van der Waals surface area (Å²) < 4.78 is 37.6. The fourth-order valence-electron chi connectivity index (χ4n) is 2.01. The second kappa shape index (κ2) is 8.56. The molecular weight excluding hydrogens is 295 g/mol. The normalized spacial score (nSPS) is 11.3. The van der Waals surface area contributed by atoms with Crippen LogP contribution >= 0.6 is 0 Å². The molecule has 0 unspecified atom stereocenters. The molecule has 22 heavy (non-hydrogen) atoms. The third-order valence-corrected chi connectivity index (χ3v) is 3.16. The van der Waals surface area contributed by atoms with Crippen molar-refractivity contribution < 1.29 is 22.8 Å². The molecule has 122 valence electrons. The van der Waals surface area contributed by atoms with E-state index in [1.807, 2.05) is 0 Å². The zero-order valence-corrected chi connectivity index (χ0v) is 12.5. The minimum absolute atomic E-state index is 0.149. The number of amides is 1. The van der Waals surface area contributed by atoms with Crippen LogP contribution in [-0.2, 0) is 15.8 Å². The van der Waals surface area contributed by atoms with Gasteiger partial charge < -0.3 is 10.1 Å². The maximum atomic E-state index is 12.5. The lowest BCUT2D eigenvalue weighted by Gasteiger charge is -2.09. The monoisotopic (exact) mass is 315 g/mol. The van der Waals surface area contributed by atoms with Crippen LogP contribution in [0.4, 0.5) is 18.9 Å². The number of anilines is 1. The van der Waals surface area contributed by atoms with Gasteiger partial charge in [-0.3, -0.25) is 4.79 Å². The third-order valence-electron chi connectivity index (χ3n) is 3.16. The summed E-state index contributed by atoms with van der Waals surface area (Å²) in [6, 6.07) is 4.58. The van der Waals surface area contributed by atoms with Gasteiger partial charge in [-0.1, -0.05) is 18.9 Å². The molecule has 1 rings (SSSR count). The number of ketones is 1. The van der Waals surface area contributed by atoms with Gasteiger partial charge in [0, 0.05) is 18.5 Å². The van der Waals surface area contributed by atoms with E-state index in [-0.39, 0.29) is 23.8 Å². The van der Waals surface area contributed by atoms with E-state index in [0.717, 1.165) is 31.4 Å². The summed E-state index contributed by atoms with van der Waals surface area (Å²) in [6.07, 6.45) is -0.447. The largest absolute Gasteiger partial charge is 0.416 e. The first-order chi connectivity index (χ1) is 10.3. The quantitative estimate of drug-likeness (QED) is 0.714. The molecule has 0 aromatic heterocycles. The second-order valence-electron chi connectivity index (χ2n) is 5.24. The van der Waals surface area contributed by atoms with Crippen molar-refractivity contribution in [2.45, 2.75) is 51.6 Å². The first-order valence-corrected chi connectivity index (χ1v) is 7.25. The van der Waals surface area contributed by atoms with Crippen LogP contribution < -0.4 is 5.32 Å². The zero-order valence-electron chi connectivity index (χ0n) is 12.5. The molecule has 6 heteroatoms. The molecule has 0 atom stereocenters. The first kappa shape index (κ1) is 18.2. The summed E-state index contributed by atoms with van der Waals surface area (Å²) in [5.41, 5.74) is -0.633. The van der Waals surface area contributed by atoms with Crippen LogP contribution in [0.5, 0.6) is 0 Å². The highest BCUT2D eigenvalue weighted by molar-refractivity contribution is 5.90. The SMILES string of the molecule is CC(=O)CCCCCCC(=O)Nc1cccc(C(F)(F)F)c1. The van der Waals surface area contributed by atoms with Gasteiger partial charge in [0.1, 0.15) is 5.78 Å². The lowest BCUT2D eigenvalue weighted by molar-refractivity contribution is -0.137. The molecule has 0 saturated carbocycles. The summed E-state index contributed by atoms with van der Waals surface area (Å²) >= 11 is 0. The van der Waals surface area contributed by atoms with E-state index in [9.17, 15) is 22.8 Å². The molecule has 0 aliphatic heterocycles. The highest BCUT2D eigenvalue weighted by atomic mass is 19.4. The molecule has 0 saturated heterocycles. The van der Waals surface area contributed by atoms with Gasteiger partial charge in [-0.05, 0) is 38.0 Å². The van der Waals surface area contributed by atoms with Crippen molar-refractivity contribution in [1.29, 1.82) is 0 Å². The fraction of sp³-hybridized carbons (Fsp3) is 0.500. The molecule has 1 aromatic carbocycles. The van der Waals surface area contributed by atoms with E-state index in [1.165, 1.54) is 12.1 Å². The molecular formula is C16H20F3NO2. The van der Waals surface area contributed by atoms with Gasteiger partial charge >= 0.3 is 6.18 Å². The Morgan fingerprint density at radius 3 is 2.27 bits per heavy atom. The number of alkyl halides is 3. The van der Waals surface area contributed by atoms with Crippen LogP contribution in [0.3, 0.4) is 0 Å². The molecule has 1 amide bonds. The predicted molar refractivity (Wildman–Crippen MR) is 78.5 cm³/mol. The molecule has 0 radical (unpaired) electrons. The molecule has 0 spiro atoms. The Morgan fingerprint density at radius 2 is 1.68 bits per heavy atom.